The van der Waals surface area contributed by atoms with Gasteiger partial charge < -0.3 is 9.47 Å². The second-order valence-corrected chi connectivity index (χ2v) is 8.25. The van der Waals surface area contributed by atoms with E-state index in [9.17, 15) is 9.59 Å². The van der Waals surface area contributed by atoms with E-state index in [4.69, 9.17) is 23.2 Å². The number of hydrogen-bond acceptors (Lipinski definition) is 4. The molecule has 0 spiro atoms. The fourth-order valence-corrected chi connectivity index (χ4v) is 4.39. The summed E-state index contributed by atoms with van der Waals surface area (Å²) in [5.74, 6) is 0.206. The van der Waals surface area contributed by atoms with Gasteiger partial charge in [-0.2, -0.15) is 0 Å². The number of nitrogens with zero attached hydrogens (tertiary/aromatic N) is 4. The standard InChI is InChI=1S/C22H20Cl2N4O2/c1-3-19(30)27-10-14(11-27)8-16(29)12-28-13(2)20(21-22(24)26-7-6-25-21)17-9-15(23)4-5-18(17)28/h3-7,9,14H,1,8,10-12H2,2H3. The van der Waals surface area contributed by atoms with Crippen molar-refractivity contribution in [1.82, 2.24) is 19.4 Å². The van der Waals surface area contributed by atoms with E-state index < -0.39 is 0 Å². The summed E-state index contributed by atoms with van der Waals surface area (Å²) in [6.45, 7) is 6.85. The van der Waals surface area contributed by atoms with Crippen molar-refractivity contribution in [3.63, 3.8) is 0 Å². The molecular weight excluding hydrogens is 423 g/mol. The third-order valence-corrected chi connectivity index (χ3v) is 5.98. The first-order chi connectivity index (χ1) is 14.4. The molecule has 0 N–H and O–H groups in total. The van der Waals surface area contributed by atoms with Gasteiger partial charge in [0.1, 0.15) is 5.69 Å². The van der Waals surface area contributed by atoms with Crippen molar-refractivity contribution in [2.24, 2.45) is 5.92 Å². The first-order valence-electron chi connectivity index (χ1n) is 9.57. The third-order valence-electron chi connectivity index (χ3n) is 5.47. The first kappa shape index (κ1) is 20.6. The maximum atomic E-state index is 12.8. The quantitative estimate of drug-likeness (QED) is 0.533. The average molecular weight is 443 g/mol. The monoisotopic (exact) mass is 442 g/mol. The highest BCUT2D eigenvalue weighted by Gasteiger charge is 2.31. The van der Waals surface area contributed by atoms with Crippen molar-refractivity contribution in [3.05, 3.63) is 59.1 Å². The van der Waals surface area contributed by atoms with E-state index in [1.165, 1.54) is 12.3 Å². The lowest BCUT2D eigenvalue weighted by atomic mass is 9.94. The van der Waals surface area contributed by atoms with E-state index >= 15 is 0 Å². The Morgan fingerprint density at radius 1 is 1.23 bits per heavy atom. The van der Waals surface area contributed by atoms with Crippen LogP contribution in [0.25, 0.3) is 22.2 Å². The van der Waals surface area contributed by atoms with Crippen LogP contribution < -0.4 is 0 Å². The Hall–Kier alpha value is -2.70. The molecule has 0 radical (unpaired) electrons. The summed E-state index contributed by atoms with van der Waals surface area (Å²) < 4.78 is 1.97. The van der Waals surface area contributed by atoms with Crippen LogP contribution in [-0.2, 0) is 16.1 Å². The topological polar surface area (TPSA) is 68.1 Å². The lowest BCUT2D eigenvalue weighted by Gasteiger charge is -2.38. The molecule has 3 heterocycles. The summed E-state index contributed by atoms with van der Waals surface area (Å²) in [5, 5.41) is 1.77. The predicted molar refractivity (Wildman–Crippen MR) is 118 cm³/mol. The minimum atomic E-state index is -0.0895. The van der Waals surface area contributed by atoms with Crippen molar-refractivity contribution in [1.29, 1.82) is 0 Å². The fraction of sp³-hybridized carbons (Fsp3) is 0.273. The maximum absolute atomic E-state index is 12.8. The molecule has 8 heteroatoms. The molecule has 2 aromatic heterocycles. The van der Waals surface area contributed by atoms with Crippen molar-refractivity contribution < 1.29 is 9.59 Å². The maximum Gasteiger partial charge on any atom is 0.245 e. The Labute approximate surface area is 184 Å². The Morgan fingerprint density at radius 2 is 1.97 bits per heavy atom. The van der Waals surface area contributed by atoms with Crippen LogP contribution in [0.5, 0.6) is 0 Å². The van der Waals surface area contributed by atoms with Crippen LogP contribution in [0.4, 0.5) is 0 Å². The fourth-order valence-electron chi connectivity index (χ4n) is 4.02. The van der Waals surface area contributed by atoms with Gasteiger partial charge in [-0.1, -0.05) is 29.8 Å². The zero-order valence-corrected chi connectivity index (χ0v) is 18.0. The minimum absolute atomic E-state index is 0.0895. The van der Waals surface area contributed by atoms with Gasteiger partial charge in [0, 0.05) is 65.0 Å². The molecule has 3 aromatic rings. The van der Waals surface area contributed by atoms with Crippen LogP contribution in [-0.4, -0.2) is 44.2 Å². The molecule has 1 aromatic carbocycles. The molecule has 1 aliphatic heterocycles. The van der Waals surface area contributed by atoms with Gasteiger partial charge >= 0.3 is 0 Å². The van der Waals surface area contributed by atoms with Gasteiger partial charge in [-0.25, -0.2) is 4.98 Å². The highest BCUT2D eigenvalue weighted by molar-refractivity contribution is 6.33. The van der Waals surface area contributed by atoms with E-state index in [2.05, 4.69) is 16.5 Å². The van der Waals surface area contributed by atoms with Crippen LogP contribution in [0.15, 0.2) is 43.2 Å². The van der Waals surface area contributed by atoms with E-state index in [0.29, 0.717) is 35.4 Å². The molecule has 1 saturated heterocycles. The van der Waals surface area contributed by atoms with Crippen molar-refractivity contribution in [2.75, 3.05) is 13.1 Å². The normalized spacial score (nSPS) is 14.0. The third kappa shape index (κ3) is 3.73. The highest BCUT2D eigenvalue weighted by atomic mass is 35.5. The Bertz CT molecular complexity index is 1170. The van der Waals surface area contributed by atoms with E-state index in [-0.39, 0.29) is 24.2 Å². The second kappa shape index (κ2) is 8.20. The number of aromatic nitrogens is 3. The minimum Gasteiger partial charge on any atom is -0.338 e. The van der Waals surface area contributed by atoms with Crippen LogP contribution in [0.2, 0.25) is 10.2 Å². The number of carbonyl (C=O) groups excluding carboxylic acids is 2. The van der Waals surface area contributed by atoms with Gasteiger partial charge in [0.2, 0.25) is 5.91 Å². The van der Waals surface area contributed by atoms with Gasteiger partial charge in [-0.15, -0.1) is 0 Å². The Balaban J connectivity index is 1.63. The summed E-state index contributed by atoms with van der Waals surface area (Å²) >= 11 is 12.6. The number of likely N-dealkylation sites (tertiary alicyclic amines) is 1. The number of ketones is 1. The number of halogens is 2. The molecule has 0 aliphatic carbocycles. The Morgan fingerprint density at radius 3 is 2.67 bits per heavy atom. The summed E-state index contributed by atoms with van der Waals surface area (Å²) in [6, 6.07) is 5.56. The SMILES string of the molecule is C=CC(=O)N1CC(CC(=O)Cn2c(C)c(-c3nccnc3Cl)c3cc(Cl)ccc32)C1. The molecule has 1 aliphatic rings. The first-order valence-corrected chi connectivity index (χ1v) is 10.3. The van der Waals surface area contributed by atoms with E-state index in [1.54, 1.807) is 17.2 Å². The lowest BCUT2D eigenvalue weighted by molar-refractivity contribution is -0.134. The summed E-state index contributed by atoms with van der Waals surface area (Å²) in [4.78, 5) is 34.6. The molecule has 0 atom stereocenters. The molecule has 154 valence electrons. The molecule has 6 nitrogen and oxygen atoms in total. The van der Waals surface area contributed by atoms with Crippen LogP contribution in [0.3, 0.4) is 0 Å². The van der Waals surface area contributed by atoms with E-state index in [1.807, 2.05) is 23.6 Å². The van der Waals surface area contributed by atoms with Crippen LogP contribution >= 0.6 is 23.2 Å². The van der Waals surface area contributed by atoms with Gasteiger partial charge in [-0.05, 0) is 31.2 Å². The molecule has 1 amide bonds. The summed E-state index contributed by atoms with van der Waals surface area (Å²) in [7, 11) is 0. The molecule has 1 fully saturated rings. The summed E-state index contributed by atoms with van der Waals surface area (Å²) in [5.41, 5.74) is 3.15. The zero-order valence-electron chi connectivity index (χ0n) is 16.4. The molecular formula is C22H20Cl2N4O2. The molecule has 0 saturated carbocycles. The van der Waals surface area contributed by atoms with Gasteiger partial charge in [0.05, 0.1) is 6.54 Å². The predicted octanol–water partition coefficient (Wildman–Crippen LogP) is 4.32. The van der Waals surface area contributed by atoms with E-state index in [0.717, 1.165) is 22.2 Å². The van der Waals surface area contributed by atoms with Crippen molar-refractivity contribution >= 4 is 45.8 Å². The molecule has 4 rings (SSSR count). The number of hydrogen-bond donors (Lipinski definition) is 0. The van der Waals surface area contributed by atoms with Gasteiger partial charge in [-0.3, -0.25) is 14.6 Å². The molecule has 30 heavy (non-hydrogen) atoms. The highest BCUT2D eigenvalue weighted by Crippen LogP contribution is 2.37. The Kier molecular flexibility index (Phi) is 5.62. The largest absolute Gasteiger partial charge is 0.338 e. The smallest absolute Gasteiger partial charge is 0.245 e. The lowest BCUT2D eigenvalue weighted by Crippen LogP contribution is -2.50. The zero-order chi connectivity index (χ0) is 21.4. The van der Waals surface area contributed by atoms with Gasteiger partial charge in [0.25, 0.3) is 0 Å². The second-order valence-electron chi connectivity index (χ2n) is 7.46. The summed E-state index contributed by atoms with van der Waals surface area (Å²) in [6.07, 6.45) is 4.86. The van der Waals surface area contributed by atoms with Crippen LogP contribution in [0, 0.1) is 12.8 Å². The number of Topliss-reactive ketones (excluding diaryl/α,β-unsaturated/α-hetero) is 1. The number of carbonyl (C=O) groups is 2. The number of rotatable bonds is 6. The van der Waals surface area contributed by atoms with Crippen LogP contribution in [0.1, 0.15) is 12.1 Å². The molecule has 0 unspecified atom stereocenters. The number of benzene rings is 1. The van der Waals surface area contributed by atoms with Crippen molar-refractivity contribution in [2.45, 2.75) is 19.9 Å². The van der Waals surface area contributed by atoms with Gasteiger partial charge in [0.15, 0.2) is 10.9 Å². The number of fused-ring (bicyclic) bond motifs is 1. The number of amides is 1. The molecule has 0 bridgehead atoms. The van der Waals surface area contributed by atoms with Crippen molar-refractivity contribution in [3.8, 4) is 11.3 Å². The average Bonchev–Trinajstić information content (AvgIpc) is 2.95.